The summed E-state index contributed by atoms with van der Waals surface area (Å²) in [6, 6.07) is 96.9. The lowest BCUT2D eigenvalue weighted by atomic mass is 9.67. The van der Waals surface area contributed by atoms with Gasteiger partial charge in [-0.25, -0.2) is 0 Å². The van der Waals surface area contributed by atoms with E-state index in [0.29, 0.717) is 0 Å². The fourth-order valence-electron chi connectivity index (χ4n) is 13.8. The molecule has 15 rings (SSSR count). The second-order valence-electron chi connectivity index (χ2n) is 20.7. The van der Waals surface area contributed by atoms with Crippen molar-refractivity contribution < 1.29 is 4.42 Å². The Hall–Kier alpha value is -8.98. The van der Waals surface area contributed by atoms with Gasteiger partial charge in [0.05, 0.1) is 10.8 Å². The Labute approximate surface area is 426 Å². The molecule has 0 N–H and O–H groups in total. The first-order chi connectivity index (χ1) is 36.0. The van der Waals surface area contributed by atoms with E-state index in [1.54, 1.807) is 0 Å². The lowest BCUT2D eigenvalue weighted by Crippen LogP contribution is -2.28. The molecular weight excluding hydrogens is 883 g/mol. The van der Waals surface area contributed by atoms with Crippen molar-refractivity contribution in [1.82, 2.24) is 0 Å². The van der Waals surface area contributed by atoms with Crippen LogP contribution in [0.4, 0.5) is 17.1 Å². The Morgan fingerprint density at radius 2 is 0.685 bits per heavy atom. The molecule has 0 radical (unpaired) electrons. The molecule has 12 aromatic rings. The zero-order valence-electron chi connectivity index (χ0n) is 40.7. The smallest absolute Gasteiger partial charge is 0.140 e. The van der Waals surface area contributed by atoms with Gasteiger partial charge in [0, 0.05) is 44.9 Å². The maximum absolute atomic E-state index is 7.42. The summed E-state index contributed by atoms with van der Waals surface area (Å²) in [6.07, 6.45) is 0. The van der Waals surface area contributed by atoms with Gasteiger partial charge in [0.25, 0.3) is 0 Å². The van der Waals surface area contributed by atoms with E-state index in [-0.39, 0.29) is 5.41 Å². The summed E-state index contributed by atoms with van der Waals surface area (Å²) in [5.41, 5.74) is 23.9. The number of hydrogen-bond acceptors (Lipinski definition) is 2. The van der Waals surface area contributed by atoms with Crippen molar-refractivity contribution in [2.45, 2.75) is 30.1 Å². The van der Waals surface area contributed by atoms with Gasteiger partial charge in [0.1, 0.15) is 11.2 Å². The third-order valence-corrected chi connectivity index (χ3v) is 16.8. The Bertz CT molecular complexity index is 4100. The van der Waals surface area contributed by atoms with Crippen LogP contribution in [0.5, 0.6) is 0 Å². The largest absolute Gasteiger partial charge is 0.456 e. The number of nitrogens with zero attached hydrogens (tertiary/aromatic N) is 1. The van der Waals surface area contributed by atoms with Gasteiger partial charge >= 0.3 is 0 Å². The first-order valence-electron chi connectivity index (χ1n) is 25.6. The van der Waals surface area contributed by atoms with E-state index in [2.05, 4.69) is 280 Å². The fourth-order valence-corrected chi connectivity index (χ4v) is 13.8. The average Bonchev–Trinajstić information content (AvgIpc) is 4.17. The van der Waals surface area contributed by atoms with Crippen molar-refractivity contribution in [2.24, 2.45) is 0 Å². The summed E-state index contributed by atoms with van der Waals surface area (Å²) in [4.78, 5) is 2.46. The summed E-state index contributed by atoms with van der Waals surface area (Å²) in [5, 5.41) is 2.19. The minimum absolute atomic E-state index is 0.186. The molecule has 344 valence electrons. The molecule has 73 heavy (non-hydrogen) atoms. The molecule has 3 aliphatic rings. The molecule has 0 amide bonds. The molecule has 3 aliphatic carbocycles. The molecule has 11 aromatic carbocycles. The molecule has 1 heterocycles. The van der Waals surface area contributed by atoms with Gasteiger partial charge in [0.2, 0.25) is 0 Å². The number of benzene rings is 11. The molecule has 0 saturated carbocycles. The highest BCUT2D eigenvalue weighted by molar-refractivity contribution is 6.08. The van der Waals surface area contributed by atoms with E-state index in [1.807, 2.05) is 0 Å². The van der Waals surface area contributed by atoms with Gasteiger partial charge in [-0.1, -0.05) is 232 Å². The summed E-state index contributed by atoms with van der Waals surface area (Å²) >= 11 is 0. The van der Waals surface area contributed by atoms with Gasteiger partial charge < -0.3 is 9.32 Å². The molecule has 1 aromatic heterocycles. The molecule has 2 nitrogen and oxygen atoms in total. The van der Waals surface area contributed by atoms with Gasteiger partial charge in [0.15, 0.2) is 0 Å². The topological polar surface area (TPSA) is 16.4 Å². The minimum Gasteiger partial charge on any atom is -0.456 e. The molecule has 0 saturated heterocycles. The zero-order chi connectivity index (χ0) is 48.5. The molecule has 0 atom stereocenters. The summed E-state index contributed by atoms with van der Waals surface area (Å²) in [6.45, 7) is 4.74. The van der Waals surface area contributed by atoms with Crippen LogP contribution in [0, 0.1) is 0 Å². The number of fused-ring (bicyclic) bond motifs is 12. The maximum atomic E-state index is 7.42. The highest BCUT2D eigenvalue weighted by Crippen LogP contribution is 2.60. The van der Waals surface area contributed by atoms with Gasteiger partial charge in [-0.2, -0.15) is 0 Å². The predicted octanol–water partition coefficient (Wildman–Crippen LogP) is 18.1. The highest BCUT2D eigenvalue weighted by Gasteiger charge is 2.49. The Morgan fingerprint density at radius 3 is 1.25 bits per heavy atom. The van der Waals surface area contributed by atoms with E-state index >= 15 is 0 Å². The van der Waals surface area contributed by atoms with Crippen LogP contribution in [0.2, 0.25) is 0 Å². The molecule has 0 bridgehead atoms. The van der Waals surface area contributed by atoms with Crippen LogP contribution in [-0.4, -0.2) is 0 Å². The van der Waals surface area contributed by atoms with Crippen LogP contribution in [0.25, 0.3) is 55.3 Å². The molecule has 0 fully saturated rings. The Kier molecular flexibility index (Phi) is 8.87. The van der Waals surface area contributed by atoms with Gasteiger partial charge in [-0.15, -0.1) is 0 Å². The van der Waals surface area contributed by atoms with Gasteiger partial charge in [-0.3, -0.25) is 0 Å². The highest BCUT2D eigenvalue weighted by atomic mass is 16.3. The molecule has 0 spiro atoms. The molecule has 0 aliphatic heterocycles. The van der Waals surface area contributed by atoms with E-state index in [0.717, 1.165) is 44.6 Å². The maximum Gasteiger partial charge on any atom is 0.140 e. The summed E-state index contributed by atoms with van der Waals surface area (Å²) in [5.74, 6) is 0. The standard InChI is InChI=1S/C71H49NO/c1-69(2)60-32-16-12-27-52(60)56-40-37-49(43-65(56)69)72(50-38-41-57-55-30-13-17-33-61(55)70(66(57)44-50,46-21-6-3-7-22-46)47-23-8-4-9-24-47)51-39-42-58-59-31-20-36-64(68(59)73-67(58)45-51)71(48-25-10-5-11-26-48)62-34-18-14-28-53(62)54-29-15-19-35-63(54)71/h3-45H,1-2H3. The van der Waals surface area contributed by atoms with Crippen LogP contribution in [0.3, 0.4) is 0 Å². The predicted molar refractivity (Wildman–Crippen MR) is 301 cm³/mol. The number of para-hydroxylation sites is 1. The molecular formula is C71H49NO. The van der Waals surface area contributed by atoms with Crippen molar-refractivity contribution in [2.75, 3.05) is 4.90 Å². The van der Waals surface area contributed by atoms with Crippen molar-refractivity contribution in [3.05, 3.63) is 316 Å². The van der Waals surface area contributed by atoms with Crippen LogP contribution in [0.1, 0.15) is 69.5 Å². The van der Waals surface area contributed by atoms with E-state index in [1.165, 1.54) is 83.5 Å². The van der Waals surface area contributed by atoms with Crippen LogP contribution < -0.4 is 4.90 Å². The minimum atomic E-state index is -0.600. The first kappa shape index (κ1) is 41.8. The summed E-state index contributed by atoms with van der Waals surface area (Å²) < 4.78 is 7.42. The molecule has 0 unspecified atom stereocenters. The van der Waals surface area contributed by atoms with Crippen LogP contribution >= 0.6 is 0 Å². The van der Waals surface area contributed by atoms with E-state index in [4.69, 9.17) is 4.42 Å². The summed E-state index contributed by atoms with van der Waals surface area (Å²) in [7, 11) is 0. The SMILES string of the molecule is CC1(C)c2ccccc2-c2ccc(N(c3ccc4c(c3)C(c3ccccc3)(c3ccccc3)c3ccccc3-4)c3ccc4c(c3)oc3c(C5(c6ccccc6)c6ccccc6-c6ccccc65)cccc34)cc21. The number of anilines is 3. The zero-order valence-corrected chi connectivity index (χ0v) is 40.7. The second-order valence-corrected chi connectivity index (χ2v) is 20.7. The van der Waals surface area contributed by atoms with Crippen LogP contribution in [0.15, 0.2) is 265 Å². The van der Waals surface area contributed by atoms with Crippen molar-refractivity contribution in [1.29, 1.82) is 0 Å². The monoisotopic (exact) mass is 931 g/mol. The number of rotatable bonds is 7. The van der Waals surface area contributed by atoms with Crippen molar-refractivity contribution in [3.63, 3.8) is 0 Å². The van der Waals surface area contributed by atoms with E-state index in [9.17, 15) is 0 Å². The average molecular weight is 932 g/mol. The normalized spacial score (nSPS) is 14.8. The van der Waals surface area contributed by atoms with Crippen molar-refractivity contribution in [3.8, 4) is 33.4 Å². The first-order valence-corrected chi connectivity index (χ1v) is 25.6. The van der Waals surface area contributed by atoms with Crippen molar-refractivity contribution >= 4 is 39.0 Å². The Balaban J connectivity index is 0.979. The molecule has 2 heteroatoms. The number of hydrogen-bond donors (Lipinski definition) is 0. The quantitative estimate of drug-likeness (QED) is 0.158. The third-order valence-electron chi connectivity index (χ3n) is 16.8. The Morgan fingerprint density at radius 1 is 0.288 bits per heavy atom. The fraction of sp³-hybridized carbons (Fsp3) is 0.0704. The number of furan rings is 1. The lowest BCUT2D eigenvalue weighted by molar-refractivity contribution is 0.648. The van der Waals surface area contributed by atoms with Crippen LogP contribution in [-0.2, 0) is 16.2 Å². The van der Waals surface area contributed by atoms with Gasteiger partial charge in [-0.05, 0) is 120 Å². The lowest BCUT2D eigenvalue weighted by Gasteiger charge is -2.35. The second kappa shape index (κ2) is 15.5. The van der Waals surface area contributed by atoms with E-state index < -0.39 is 10.8 Å². The third kappa shape index (κ3) is 5.64.